The van der Waals surface area contributed by atoms with Gasteiger partial charge in [0, 0.05) is 33.6 Å². The highest BCUT2D eigenvalue weighted by atomic mass is 35.5. The van der Waals surface area contributed by atoms with E-state index in [2.05, 4.69) is 4.98 Å². The fourth-order valence-electron chi connectivity index (χ4n) is 4.37. The molecule has 3 heterocycles. The van der Waals surface area contributed by atoms with Crippen LogP contribution in [0.1, 0.15) is 53.7 Å². The zero-order valence-electron chi connectivity index (χ0n) is 19.8. The predicted molar refractivity (Wildman–Crippen MR) is 142 cm³/mol. The van der Waals surface area contributed by atoms with E-state index >= 15 is 0 Å². The SMILES string of the molecule is CCOC(=O)c1ncsc1-n1c2c(cc(-c3nc(-c4ccc(Cl)cc4)cs3)c1=O)C(=O)CC(C)(C)C2. The molecule has 0 saturated heterocycles. The molecular formula is C26H22ClN3O4S2. The Balaban J connectivity index is 1.73. The summed E-state index contributed by atoms with van der Waals surface area (Å²) in [5.41, 5.74) is 3.78. The second kappa shape index (κ2) is 9.38. The molecule has 1 aromatic carbocycles. The van der Waals surface area contributed by atoms with Crippen LogP contribution in [0.15, 0.2) is 46.0 Å². The molecule has 0 atom stereocenters. The highest BCUT2D eigenvalue weighted by Crippen LogP contribution is 2.38. The van der Waals surface area contributed by atoms with E-state index in [1.165, 1.54) is 21.4 Å². The lowest BCUT2D eigenvalue weighted by Gasteiger charge is -2.32. The second-order valence-corrected chi connectivity index (χ2v) is 11.4. The van der Waals surface area contributed by atoms with Gasteiger partial charge in [0.25, 0.3) is 5.56 Å². The monoisotopic (exact) mass is 539 g/mol. The molecule has 0 amide bonds. The molecule has 36 heavy (non-hydrogen) atoms. The first-order valence-corrected chi connectivity index (χ1v) is 13.5. The average molecular weight is 540 g/mol. The molecule has 10 heteroatoms. The van der Waals surface area contributed by atoms with E-state index in [1.54, 1.807) is 25.1 Å². The molecule has 0 radical (unpaired) electrons. The third kappa shape index (κ3) is 4.42. The fourth-order valence-corrected chi connectivity index (χ4v) is 6.14. The molecule has 0 unspecified atom stereocenters. The Morgan fingerprint density at radius 1 is 1.14 bits per heavy atom. The van der Waals surface area contributed by atoms with Gasteiger partial charge in [-0.1, -0.05) is 37.6 Å². The van der Waals surface area contributed by atoms with E-state index in [9.17, 15) is 14.4 Å². The Kier molecular flexibility index (Phi) is 6.40. The number of thiazole rings is 2. The zero-order valence-corrected chi connectivity index (χ0v) is 22.2. The molecule has 1 aliphatic rings. The minimum Gasteiger partial charge on any atom is -0.461 e. The number of halogens is 1. The second-order valence-electron chi connectivity index (χ2n) is 9.27. The maximum atomic E-state index is 14.0. The number of hydrogen-bond acceptors (Lipinski definition) is 8. The number of rotatable bonds is 5. The average Bonchev–Trinajstić information content (AvgIpc) is 3.49. The summed E-state index contributed by atoms with van der Waals surface area (Å²) in [6, 6.07) is 8.94. The Labute approximate surface area is 220 Å². The van der Waals surface area contributed by atoms with Gasteiger partial charge in [-0.15, -0.1) is 22.7 Å². The fraction of sp³-hybridized carbons (Fsp3) is 0.269. The quantitative estimate of drug-likeness (QED) is 0.286. The Hall–Kier alpha value is -3.14. The number of benzene rings is 1. The number of carbonyl (C=O) groups is 2. The number of pyridine rings is 1. The van der Waals surface area contributed by atoms with Crippen molar-refractivity contribution in [2.45, 2.75) is 33.6 Å². The van der Waals surface area contributed by atoms with Gasteiger partial charge in [-0.05, 0) is 37.0 Å². The van der Waals surface area contributed by atoms with E-state index in [-0.39, 0.29) is 29.1 Å². The van der Waals surface area contributed by atoms with E-state index in [4.69, 9.17) is 21.3 Å². The number of nitrogens with zero attached hydrogens (tertiary/aromatic N) is 3. The largest absolute Gasteiger partial charge is 0.461 e. The van der Waals surface area contributed by atoms with Gasteiger partial charge in [-0.3, -0.25) is 14.2 Å². The minimum atomic E-state index is -0.611. The zero-order chi connectivity index (χ0) is 25.6. The maximum absolute atomic E-state index is 14.0. The van der Waals surface area contributed by atoms with Crippen molar-refractivity contribution in [1.82, 2.24) is 14.5 Å². The van der Waals surface area contributed by atoms with E-state index < -0.39 is 5.97 Å². The number of esters is 1. The van der Waals surface area contributed by atoms with Gasteiger partial charge < -0.3 is 4.74 Å². The molecule has 4 aromatic rings. The molecular weight excluding hydrogens is 518 g/mol. The van der Waals surface area contributed by atoms with Crippen LogP contribution in [-0.2, 0) is 11.2 Å². The first-order chi connectivity index (χ1) is 17.2. The van der Waals surface area contributed by atoms with Crippen LogP contribution in [0, 0.1) is 5.41 Å². The molecule has 0 aliphatic heterocycles. The summed E-state index contributed by atoms with van der Waals surface area (Å²) in [6.45, 7) is 5.88. The molecule has 0 fully saturated rings. The lowest BCUT2D eigenvalue weighted by Crippen LogP contribution is -2.35. The van der Waals surface area contributed by atoms with E-state index in [1.807, 2.05) is 31.4 Å². The van der Waals surface area contributed by atoms with Gasteiger partial charge in [-0.2, -0.15) is 0 Å². The highest BCUT2D eigenvalue weighted by molar-refractivity contribution is 7.13. The molecule has 7 nitrogen and oxygen atoms in total. The summed E-state index contributed by atoms with van der Waals surface area (Å²) in [6.07, 6.45) is 0.858. The molecule has 184 valence electrons. The molecule has 3 aromatic heterocycles. The number of ketones is 1. The lowest BCUT2D eigenvalue weighted by molar-refractivity contribution is 0.0520. The topological polar surface area (TPSA) is 91.2 Å². The van der Waals surface area contributed by atoms with Crippen LogP contribution in [0.4, 0.5) is 0 Å². The molecule has 0 spiro atoms. The third-order valence-electron chi connectivity index (χ3n) is 5.98. The highest BCUT2D eigenvalue weighted by Gasteiger charge is 2.36. The van der Waals surface area contributed by atoms with Gasteiger partial charge in [0.2, 0.25) is 0 Å². The van der Waals surface area contributed by atoms with Gasteiger partial charge in [-0.25, -0.2) is 14.8 Å². The summed E-state index contributed by atoms with van der Waals surface area (Å²) >= 11 is 8.49. The number of hydrogen-bond donors (Lipinski definition) is 0. The summed E-state index contributed by atoms with van der Waals surface area (Å²) < 4.78 is 6.64. The molecule has 0 N–H and O–H groups in total. The Morgan fingerprint density at radius 3 is 2.61 bits per heavy atom. The van der Waals surface area contributed by atoms with Gasteiger partial charge >= 0.3 is 5.97 Å². The van der Waals surface area contributed by atoms with Crippen molar-refractivity contribution in [2.75, 3.05) is 6.61 Å². The first-order valence-electron chi connectivity index (χ1n) is 11.3. The molecule has 0 saturated carbocycles. The number of fused-ring (bicyclic) bond motifs is 1. The lowest BCUT2D eigenvalue weighted by atomic mass is 9.75. The Bertz CT molecular complexity index is 1550. The predicted octanol–water partition coefficient (Wildman–Crippen LogP) is 6.07. The number of ether oxygens (including phenoxy) is 1. The number of aromatic nitrogens is 3. The summed E-state index contributed by atoms with van der Waals surface area (Å²) in [7, 11) is 0. The van der Waals surface area contributed by atoms with E-state index in [0.29, 0.717) is 50.4 Å². The van der Waals surface area contributed by atoms with Crippen LogP contribution in [0.3, 0.4) is 0 Å². The van der Waals surface area contributed by atoms with Crippen molar-refractivity contribution in [3.63, 3.8) is 0 Å². The van der Waals surface area contributed by atoms with Crippen molar-refractivity contribution in [1.29, 1.82) is 0 Å². The molecule has 0 bridgehead atoms. The maximum Gasteiger partial charge on any atom is 0.360 e. The minimum absolute atomic E-state index is 0.0482. The van der Waals surface area contributed by atoms with Crippen LogP contribution in [0.2, 0.25) is 5.02 Å². The van der Waals surface area contributed by atoms with Crippen LogP contribution < -0.4 is 5.56 Å². The summed E-state index contributed by atoms with van der Waals surface area (Å²) in [5, 5.41) is 3.32. The van der Waals surface area contributed by atoms with Crippen LogP contribution in [0.25, 0.3) is 26.8 Å². The standard InChI is InChI=1S/C26H22ClN3O4S2/c1-4-34-25(33)21-24(36-13-28-21)30-19-10-26(2,3)11-20(31)16(19)9-17(23(30)32)22-29-18(12-35-22)14-5-7-15(27)8-6-14/h5-9,12-13H,4,10-11H2,1-3H3. The molecule has 5 rings (SSSR count). The normalized spacial score (nSPS) is 14.5. The van der Waals surface area contributed by atoms with Gasteiger partial charge in [0.15, 0.2) is 11.5 Å². The number of Topliss-reactive ketones (excluding diaryl/α,β-unsaturated/α-hetero) is 1. The van der Waals surface area contributed by atoms with Crippen molar-refractivity contribution in [3.8, 4) is 26.8 Å². The third-order valence-corrected chi connectivity index (χ3v) is 7.92. The molecule has 1 aliphatic carbocycles. The summed E-state index contributed by atoms with van der Waals surface area (Å²) in [5.74, 6) is -0.659. The van der Waals surface area contributed by atoms with E-state index in [0.717, 1.165) is 16.9 Å². The van der Waals surface area contributed by atoms with Crippen LogP contribution >= 0.6 is 34.3 Å². The Morgan fingerprint density at radius 2 is 1.89 bits per heavy atom. The van der Waals surface area contributed by atoms with Crippen molar-refractivity contribution in [2.24, 2.45) is 5.41 Å². The van der Waals surface area contributed by atoms with Gasteiger partial charge in [0.05, 0.1) is 23.4 Å². The van der Waals surface area contributed by atoms with Crippen molar-refractivity contribution >= 4 is 46.0 Å². The first kappa shape index (κ1) is 24.5. The van der Waals surface area contributed by atoms with Crippen LogP contribution in [-0.4, -0.2) is 32.9 Å². The van der Waals surface area contributed by atoms with Crippen LogP contribution in [0.5, 0.6) is 0 Å². The smallest absolute Gasteiger partial charge is 0.360 e. The van der Waals surface area contributed by atoms with Crippen molar-refractivity contribution < 1.29 is 14.3 Å². The number of carbonyl (C=O) groups excluding carboxylic acids is 2. The summed E-state index contributed by atoms with van der Waals surface area (Å²) in [4.78, 5) is 48.8. The van der Waals surface area contributed by atoms with Gasteiger partial charge in [0.1, 0.15) is 10.0 Å². The van der Waals surface area contributed by atoms with Crippen molar-refractivity contribution in [3.05, 3.63) is 73.6 Å².